The molecule has 0 saturated carbocycles. The van der Waals surface area contributed by atoms with Gasteiger partial charge in [-0.15, -0.1) is 0 Å². The first-order valence-electron chi connectivity index (χ1n) is 47.5. The predicted molar refractivity (Wildman–Crippen MR) is 585 cm³/mol. The molecule has 5 heteroatoms. The first-order chi connectivity index (χ1) is 68.4. The second kappa shape index (κ2) is 32.6. The molecule has 0 atom stereocenters. The standard InChI is InChI=1S/C53H35N.2C40H25NO/c1-3-17-39(18-4-1)53(40-19-5-2-6-20-40)50-26-14-13-24-47(50)48-32-30-42(35-51(48)53)54(41-29-31-45-38(33-41)28-27-36-15-7-9-21-43(36)45)52-34-37-16-8-10-22-44(37)46-23-11-12-25-49(46)52;1-3-13-29-26(11-1)23-37(33-17-7-5-15-31(29)33)41(28-21-22-36-35-19-9-10-20-39(35)42-40(36)25-28)38-24-27-12-2-4-14-30(27)32-16-6-8-18-34(32)38;1-3-11-31-26(9-1)17-18-28-23-29(19-21-33(28)31)41(30-20-22-37-36-15-7-8-16-39(36)42-40(37)25-30)38-24-27-10-2-4-12-32(27)34-13-5-6-14-35(34)38/h1-35H;2*1-25H. The van der Waals surface area contributed by atoms with E-state index in [2.05, 4.69) is 506 Å². The van der Waals surface area contributed by atoms with Crippen LogP contribution in [0, 0.1) is 0 Å². The van der Waals surface area contributed by atoms with Gasteiger partial charge in [0, 0.05) is 83.7 Å². The summed E-state index contributed by atoms with van der Waals surface area (Å²) >= 11 is 0. The van der Waals surface area contributed by atoms with Gasteiger partial charge in [-0.25, -0.2) is 0 Å². The van der Waals surface area contributed by atoms with E-state index >= 15 is 0 Å². The van der Waals surface area contributed by atoms with Crippen LogP contribution in [0.1, 0.15) is 22.3 Å². The summed E-state index contributed by atoms with van der Waals surface area (Å²) in [4.78, 5) is 7.31. The van der Waals surface area contributed by atoms with Crippen LogP contribution in [0.4, 0.5) is 51.2 Å². The number of nitrogens with zero attached hydrogens (tertiary/aromatic N) is 3. The lowest BCUT2D eigenvalue weighted by Gasteiger charge is -2.35. The van der Waals surface area contributed by atoms with Gasteiger partial charge in [-0.3, -0.25) is 0 Å². The van der Waals surface area contributed by atoms with Crippen molar-refractivity contribution >= 4 is 224 Å². The molecular formula is C133H85N3O2. The molecule has 1 aliphatic carbocycles. The first kappa shape index (κ1) is 79.6. The molecule has 0 spiro atoms. The Hall–Kier alpha value is -18.2. The van der Waals surface area contributed by atoms with Crippen LogP contribution in [-0.4, -0.2) is 0 Å². The zero-order valence-electron chi connectivity index (χ0n) is 75.2. The summed E-state index contributed by atoms with van der Waals surface area (Å²) in [7, 11) is 0. The normalized spacial score (nSPS) is 12.3. The molecule has 26 aromatic carbocycles. The van der Waals surface area contributed by atoms with Gasteiger partial charge >= 0.3 is 0 Å². The molecule has 0 fully saturated rings. The molecule has 0 bridgehead atoms. The van der Waals surface area contributed by atoms with Crippen molar-refractivity contribution in [3.05, 3.63) is 538 Å². The van der Waals surface area contributed by atoms with Gasteiger partial charge in [-0.1, -0.05) is 406 Å². The van der Waals surface area contributed by atoms with Gasteiger partial charge < -0.3 is 23.5 Å². The van der Waals surface area contributed by atoms with Gasteiger partial charge in [0.2, 0.25) is 0 Å². The largest absolute Gasteiger partial charge is 0.456 e. The third-order valence-electron chi connectivity index (χ3n) is 28.9. The predicted octanol–water partition coefficient (Wildman–Crippen LogP) is 37.5. The van der Waals surface area contributed by atoms with Crippen molar-refractivity contribution in [2.45, 2.75) is 5.41 Å². The smallest absolute Gasteiger partial charge is 0.137 e. The number of benzene rings is 26. The van der Waals surface area contributed by atoms with Crippen LogP contribution in [0.5, 0.6) is 0 Å². The lowest BCUT2D eigenvalue weighted by molar-refractivity contribution is 0.668. The highest BCUT2D eigenvalue weighted by Crippen LogP contribution is 2.59. The van der Waals surface area contributed by atoms with Crippen molar-refractivity contribution in [3.8, 4) is 11.1 Å². The van der Waals surface area contributed by atoms with Gasteiger partial charge in [0.1, 0.15) is 22.3 Å². The van der Waals surface area contributed by atoms with Gasteiger partial charge in [0.05, 0.1) is 28.2 Å². The second-order valence-corrected chi connectivity index (χ2v) is 36.4. The van der Waals surface area contributed by atoms with Crippen molar-refractivity contribution < 1.29 is 8.83 Å². The Morgan fingerprint density at radius 3 is 0.783 bits per heavy atom. The molecule has 0 unspecified atom stereocenters. The highest BCUT2D eigenvalue weighted by molar-refractivity contribution is 6.22. The number of rotatable bonds is 11. The summed E-state index contributed by atoms with van der Waals surface area (Å²) in [6.07, 6.45) is 0. The second-order valence-electron chi connectivity index (χ2n) is 36.4. The molecule has 0 radical (unpaired) electrons. The lowest BCUT2D eigenvalue weighted by atomic mass is 9.67. The first-order valence-corrected chi connectivity index (χ1v) is 47.5. The van der Waals surface area contributed by atoms with Gasteiger partial charge in [-0.2, -0.15) is 0 Å². The Kier molecular flexibility index (Phi) is 18.8. The van der Waals surface area contributed by atoms with E-state index in [4.69, 9.17) is 8.83 Å². The molecule has 644 valence electrons. The molecule has 28 aromatic rings. The van der Waals surface area contributed by atoms with Gasteiger partial charge in [-0.05, 0) is 238 Å². The highest BCUT2D eigenvalue weighted by atomic mass is 16.3. The fourth-order valence-corrected chi connectivity index (χ4v) is 22.7. The molecule has 138 heavy (non-hydrogen) atoms. The van der Waals surface area contributed by atoms with Crippen LogP contribution in [-0.2, 0) is 5.41 Å². The zero-order chi connectivity index (χ0) is 90.9. The lowest BCUT2D eigenvalue weighted by Crippen LogP contribution is -2.28. The summed E-state index contributed by atoms with van der Waals surface area (Å²) in [5, 5.41) is 34.3. The highest BCUT2D eigenvalue weighted by Gasteiger charge is 2.46. The molecule has 0 amide bonds. The van der Waals surface area contributed by atoms with E-state index in [0.29, 0.717) is 0 Å². The van der Waals surface area contributed by atoms with Gasteiger partial charge in [0.25, 0.3) is 0 Å². The fraction of sp³-hybridized carbons (Fsp3) is 0.00752. The Bertz CT molecular complexity index is 9640. The Morgan fingerprint density at radius 1 is 0.138 bits per heavy atom. The summed E-state index contributed by atoms with van der Waals surface area (Å²) in [5.74, 6) is 0. The van der Waals surface area contributed by atoms with E-state index in [1.807, 2.05) is 24.3 Å². The Labute approximate surface area is 796 Å². The minimum absolute atomic E-state index is 0.496. The number of hydrogen-bond acceptors (Lipinski definition) is 5. The van der Waals surface area contributed by atoms with Gasteiger partial charge in [0.15, 0.2) is 0 Å². The van der Waals surface area contributed by atoms with Crippen LogP contribution in [0.2, 0.25) is 0 Å². The van der Waals surface area contributed by atoms with Crippen LogP contribution >= 0.6 is 0 Å². The number of furan rings is 2. The zero-order valence-corrected chi connectivity index (χ0v) is 75.2. The van der Waals surface area contributed by atoms with E-state index in [1.54, 1.807) is 0 Å². The van der Waals surface area contributed by atoms with Crippen molar-refractivity contribution in [3.63, 3.8) is 0 Å². The van der Waals surface area contributed by atoms with Crippen molar-refractivity contribution in [2.24, 2.45) is 0 Å². The monoisotopic (exact) mass is 1760 g/mol. The van der Waals surface area contributed by atoms with Crippen LogP contribution in [0.3, 0.4) is 0 Å². The molecular weight excluding hydrogens is 1670 g/mol. The van der Waals surface area contributed by atoms with Crippen molar-refractivity contribution in [1.29, 1.82) is 0 Å². The third kappa shape index (κ3) is 13.0. The summed E-state index contributed by atoms with van der Waals surface area (Å²) in [6, 6.07) is 187. The van der Waals surface area contributed by atoms with E-state index in [1.165, 1.54) is 163 Å². The minimum atomic E-state index is -0.496. The van der Waals surface area contributed by atoms with Crippen LogP contribution < -0.4 is 14.7 Å². The summed E-state index contributed by atoms with van der Waals surface area (Å²) in [6.45, 7) is 0. The summed E-state index contributed by atoms with van der Waals surface area (Å²) < 4.78 is 12.8. The number of para-hydroxylation sites is 2. The maximum absolute atomic E-state index is 6.40. The molecule has 0 aliphatic heterocycles. The maximum Gasteiger partial charge on any atom is 0.137 e. The maximum atomic E-state index is 6.40. The topological polar surface area (TPSA) is 36.0 Å². The molecule has 2 aromatic heterocycles. The number of anilines is 9. The van der Waals surface area contributed by atoms with Crippen molar-refractivity contribution in [1.82, 2.24) is 0 Å². The average molecular weight is 1760 g/mol. The summed E-state index contributed by atoms with van der Waals surface area (Å²) in [5.41, 5.74) is 20.8. The fourth-order valence-electron chi connectivity index (χ4n) is 22.7. The molecule has 0 saturated heterocycles. The van der Waals surface area contributed by atoms with Crippen molar-refractivity contribution in [2.75, 3.05) is 14.7 Å². The van der Waals surface area contributed by atoms with Crippen LogP contribution in [0.15, 0.2) is 524 Å². The Morgan fingerprint density at radius 2 is 0.384 bits per heavy atom. The average Bonchev–Trinajstić information content (AvgIpc) is 1.53. The SMILES string of the molecule is c1ccc(C2(c3ccccc3)c3ccccc3-c3ccc(N(c4ccc5c(ccc6ccccc65)c4)c4cc5ccccc5c5ccccc45)cc32)cc1.c1ccc2c(c1)cc(N(c1ccc3c(c1)oc1ccccc13)c1cc3ccccc3c3ccccc13)c1ccccc12.c1ccc2c(c1)ccc1cc(N(c3ccc4c(c3)oc3ccccc34)c3cc4ccccc4c4ccccc34)ccc12. The molecule has 0 N–H and O–H groups in total. The quantitative estimate of drug-likeness (QED) is 0.121. The molecule has 5 nitrogen and oxygen atoms in total. The molecule has 2 heterocycles. The third-order valence-corrected chi connectivity index (χ3v) is 28.9. The number of hydrogen-bond donors (Lipinski definition) is 0. The van der Waals surface area contributed by atoms with E-state index < -0.39 is 5.41 Å². The molecule has 1 aliphatic rings. The van der Waals surface area contributed by atoms with E-state index in [9.17, 15) is 0 Å². The Balaban J connectivity index is 0.000000106. The van der Waals surface area contributed by atoms with Crippen LogP contribution in [0.25, 0.3) is 184 Å². The minimum Gasteiger partial charge on any atom is -0.456 e. The molecule has 29 rings (SSSR count). The van der Waals surface area contributed by atoms with E-state index in [-0.39, 0.29) is 0 Å². The van der Waals surface area contributed by atoms with E-state index in [0.717, 1.165) is 95.1 Å². The number of fused-ring (bicyclic) bond motifs is 27.